The fourth-order valence-corrected chi connectivity index (χ4v) is 4.31. The molecule has 0 saturated heterocycles. The minimum atomic E-state index is -0.296. The van der Waals surface area contributed by atoms with E-state index in [1.165, 1.54) is 23.5 Å². The maximum Gasteiger partial charge on any atom is 0.231 e. The second-order valence-corrected chi connectivity index (χ2v) is 7.94. The van der Waals surface area contributed by atoms with E-state index in [1.54, 1.807) is 17.9 Å². The molecule has 4 aromatic rings. The van der Waals surface area contributed by atoms with Crippen LogP contribution in [0.3, 0.4) is 0 Å². The van der Waals surface area contributed by atoms with Crippen LogP contribution in [0.1, 0.15) is 11.3 Å². The summed E-state index contributed by atoms with van der Waals surface area (Å²) in [7, 11) is 1.61. The number of hydrogen-bond acceptors (Lipinski definition) is 7. The Kier molecular flexibility index (Phi) is 4.95. The van der Waals surface area contributed by atoms with E-state index in [4.69, 9.17) is 14.2 Å². The topological polar surface area (TPSA) is 70.4 Å². The zero-order valence-electron chi connectivity index (χ0n) is 16.9. The van der Waals surface area contributed by atoms with Crippen molar-refractivity contribution in [2.45, 2.75) is 13.5 Å². The van der Waals surface area contributed by atoms with E-state index in [0.29, 0.717) is 29.5 Å². The fraction of sp³-hybridized carbons (Fsp3) is 0.182. The van der Waals surface area contributed by atoms with E-state index in [0.717, 1.165) is 27.0 Å². The first-order chi connectivity index (χ1) is 15.1. The summed E-state index contributed by atoms with van der Waals surface area (Å²) >= 11 is 1.52. The van der Waals surface area contributed by atoms with Crippen molar-refractivity contribution in [3.8, 4) is 33.5 Å². The SMILES string of the molecule is COc1cc(CNc2nc(C)c(-c3ccn(-c4cccc(F)c4)n3)s2)cc2c1OCO2. The number of aromatic nitrogens is 3. The van der Waals surface area contributed by atoms with Gasteiger partial charge in [0.25, 0.3) is 0 Å². The molecule has 0 atom stereocenters. The smallest absolute Gasteiger partial charge is 0.231 e. The zero-order valence-corrected chi connectivity index (χ0v) is 17.7. The highest BCUT2D eigenvalue weighted by atomic mass is 32.1. The lowest BCUT2D eigenvalue weighted by Gasteiger charge is -2.08. The highest BCUT2D eigenvalue weighted by Gasteiger charge is 2.20. The van der Waals surface area contributed by atoms with Crippen LogP contribution in [0.25, 0.3) is 16.3 Å². The number of hydrogen-bond donors (Lipinski definition) is 1. The van der Waals surface area contributed by atoms with Crippen molar-refractivity contribution in [3.05, 3.63) is 65.7 Å². The number of ether oxygens (including phenoxy) is 3. The monoisotopic (exact) mass is 438 g/mol. The van der Waals surface area contributed by atoms with Gasteiger partial charge in [0.2, 0.25) is 12.5 Å². The Hall–Kier alpha value is -3.59. The van der Waals surface area contributed by atoms with E-state index >= 15 is 0 Å². The molecule has 1 N–H and O–H groups in total. The van der Waals surface area contributed by atoms with Gasteiger partial charge < -0.3 is 19.5 Å². The van der Waals surface area contributed by atoms with Gasteiger partial charge >= 0.3 is 0 Å². The summed E-state index contributed by atoms with van der Waals surface area (Å²) in [6, 6.07) is 12.1. The lowest BCUT2D eigenvalue weighted by molar-refractivity contribution is 0.171. The number of nitrogens with zero attached hydrogens (tertiary/aromatic N) is 3. The first-order valence-electron chi connectivity index (χ1n) is 9.60. The van der Waals surface area contributed by atoms with Crippen molar-refractivity contribution in [2.24, 2.45) is 0 Å². The van der Waals surface area contributed by atoms with E-state index in [2.05, 4.69) is 15.4 Å². The normalized spacial score (nSPS) is 12.2. The third-order valence-electron chi connectivity index (χ3n) is 4.85. The Labute approximate surface area is 182 Å². The Morgan fingerprint density at radius 1 is 1.23 bits per heavy atom. The van der Waals surface area contributed by atoms with Crippen molar-refractivity contribution < 1.29 is 18.6 Å². The van der Waals surface area contributed by atoms with Crippen LogP contribution in [0.5, 0.6) is 17.2 Å². The molecule has 31 heavy (non-hydrogen) atoms. The molecule has 0 spiro atoms. The molecule has 0 unspecified atom stereocenters. The molecule has 0 bridgehead atoms. The van der Waals surface area contributed by atoms with Gasteiger partial charge in [-0.15, -0.1) is 0 Å². The first-order valence-corrected chi connectivity index (χ1v) is 10.4. The number of nitrogens with one attached hydrogen (secondary N) is 1. The lowest BCUT2D eigenvalue weighted by Crippen LogP contribution is -1.99. The van der Waals surface area contributed by atoms with Gasteiger partial charge in [-0.1, -0.05) is 17.4 Å². The molecule has 2 aromatic heterocycles. The minimum Gasteiger partial charge on any atom is -0.493 e. The quantitative estimate of drug-likeness (QED) is 0.467. The molecular weight excluding hydrogens is 419 g/mol. The summed E-state index contributed by atoms with van der Waals surface area (Å²) in [5.41, 5.74) is 3.33. The van der Waals surface area contributed by atoms with Crippen LogP contribution in [-0.2, 0) is 6.54 Å². The fourth-order valence-electron chi connectivity index (χ4n) is 3.38. The van der Waals surface area contributed by atoms with Gasteiger partial charge in [-0.25, -0.2) is 14.1 Å². The average molecular weight is 438 g/mol. The lowest BCUT2D eigenvalue weighted by atomic mass is 10.2. The maximum absolute atomic E-state index is 13.5. The second kappa shape index (κ2) is 7.92. The van der Waals surface area contributed by atoms with Crippen molar-refractivity contribution in [1.82, 2.24) is 14.8 Å². The Morgan fingerprint density at radius 3 is 2.97 bits per heavy atom. The molecule has 3 heterocycles. The van der Waals surface area contributed by atoms with E-state index in [1.807, 2.05) is 37.4 Å². The predicted molar refractivity (Wildman–Crippen MR) is 116 cm³/mol. The molecule has 0 amide bonds. The number of methoxy groups -OCH3 is 1. The summed E-state index contributed by atoms with van der Waals surface area (Å²) in [6.07, 6.45) is 1.81. The predicted octanol–water partition coefficient (Wildman–Crippen LogP) is 4.79. The van der Waals surface area contributed by atoms with Crippen molar-refractivity contribution in [3.63, 3.8) is 0 Å². The molecule has 1 aliphatic rings. The number of halogens is 1. The molecule has 0 fully saturated rings. The van der Waals surface area contributed by atoms with Crippen molar-refractivity contribution in [2.75, 3.05) is 19.2 Å². The van der Waals surface area contributed by atoms with Crippen LogP contribution in [0.4, 0.5) is 9.52 Å². The van der Waals surface area contributed by atoms with Gasteiger partial charge in [0.05, 0.1) is 23.4 Å². The molecule has 9 heteroatoms. The van der Waals surface area contributed by atoms with Gasteiger partial charge in [0, 0.05) is 12.7 Å². The van der Waals surface area contributed by atoms with Crippen LogP contribution < -0.4 is 19.5 Å². The molecule has 0 radical (unpaired) electrons. The van der Waals surface area contributed by atoms with Crippen LogP contribution in [-0.4, -0.2) is 28.7 Å². The average Bonchev–Trinajstić information content (AvgIpc) is 3.51. The Balaban J connectivity index is 1.34. The molecule has 7 nitrogen and oxygen atoms in total. The minimum absolute atomic E-state index is 0.194. The molecule has 158 valence electrons. The second-order valence-electron chi connectivity index (χ2n) is 6.94. The molecule has 1 aliphatic heterocycles. The van der Waals surface area contributed by atoms with Crippen molar-refractivity contribution >= 4 is 16.5 Å². The number of benzene rings is 2. The van der Waals surface area contributed by atoms with Crippen LogP contribution in [0, 0.1) is 12.7 Å². The maximum atomic E-state index is 13.5. The van der Waals surface area contributed by atoms with Crippen LogP contribution in [0.15, 0.2) is 48.7 Å². The van der Waals surface area contributed by atoms with E-state index < -0.39 is 0 Å². The van der Waals surface area contributed by atoms with Gasteiger partial charge in [0.1, 0.15) is 11.5 Å². The summed E-state index contributed by atoms with van der Waals surface area (Å²) in [6.45, 7) is 2.69. The molecule has 2 aromatic carbocycles. The molecular formula is C22H19FN4O3S. The number of thiazole rings is 1. The molecule has 0 aliphatic carbocycles. The number of aryl methyl sites for hydroxylation is 1. The third-order valence-corrected chi connectivity index (χ3v) is 5.99. The zero-order chi connectivity index (χ0) is 21.4. The number of anilines is 1. The summed E-state index contributed by atoms with van der Waals surface area (Å²) < 4.78 is 31.5. The van der Waals surface area contributed by atoms with Gasteiger partial charge in [0.15, 0.2) is 16.6 Å². The van der Waals surface area contributed by atoms with Crippen molar-refractivity contribution in [1.29, 1.82) is 0 Å². The summed E-state index contributed by atoms with van der Waals surface area (Å²) in [5.74, 6) is 1.66. The summed E-state index contributed by atoms with van der Waals surface area (Å²) in [5, 5.41) is 8.73. The van der Waals surface area contributed by atoms with Gasteiger partial charge in [-0.2, -0.15) is 5.10 Å². The van der Waals surface area contributed by atoms with E-state index in [9.17, 15) is 4.39 Å². The molecule has 5 rings (SSSR count). The first kappa shape index (κ1) is 19.4. The molecule has 0 saturated carbocycles. The largest absolute Gasteiger partial charge is 0.493 e. The van der Waals surface area contributed by atoms with Crippen LogP contribution in [0.2, 0.25) is 0 Å². The number of rotatable bonds is 6. The highest BCUT2D eigenvalue weighted by Crippen LogP contribution is 2.42. The standard InChI is InChI=1S/C22H19FN4O3S/c1-13-21(17-6-7-27(26-17)16-5-3-4-15(23)10-16)31-22(25-13)24-11-14-8-18(28-2)20-19(9-14)29-12-30-20/h3-10H,11-12H2,1-2H3,(H,24,25). The Bertz CT molecular complexity index is 1250. The Morgan fingerprint density at radius 2 is 2.13 bits per heavy atom. The number of fused-ring (bicyclic) bond motifs is 1. The van der Waals surface area contributed by atoms with Crippen LogP contribution >= 0.6 is 11.3 Å². The highest BCUT2D eigenvalue weighted by molar-refractivity contribution is 7.19. The third kappa shape index (κ3) is 3.79. The summed E-state index contributed by atoms with van der Waals surface area (Å²) in [4.78, 5) is 5.58. The van der Waals surface area contributed by atoms with E-state index in [-0.39, 0.29) is 12.6 Å². The van der Waals surface area contributed by atoms with Gasteiger partial charge in [-0.05, 0) is 48.9 Å². The van der Waals surface area contributed by atoms with Gasteiger partial charge in [-0.3, -0.25) is 0 Å².